The predicted octanol–water partition coefficient (Wildman–Crippen LogP) is 1.13. The highest BCUT2D eigenvalue weighted by molar-refractivity contribution is 5.91. The van der Waals surface area contributed by atoms with Crippen molar-refractivity contribution in [2.75, 3.05) is 13.7 Å². The molecule has 0 saturated heterocycles. The Balaban J connectivity index is 3.11. The van der Waals surface area contributed by atoms with Gasteiger partial charge in [-0.15, -0.1) is 0 Å². The Hall–Kier alpha value is -1.99. The number of hydrogen-bond acceptors (Lipinski definition) is 3. The summed E-state index contributed by atoms with van der Waals surface area (Å²) >= 11 is 0. The molecule has 0 atom stereocenters. The van der Waals surface area contributed by atoms with E-state index in [0.717, 1.165) is 0 Å². The zero-order valence-corrected chi connectivity index (χ0v) is 8.86. The molecule has 0 heterocycles. The molecule has 0 aliphatic carbocycles. The minimum atomic E-state index is -1.03. The van der Waals surface area contributed by atoms with Crippen LogP contribution in [0.1, 0.15) is 22.3 Å². The van der Waals surface area contributed by atoms with Crippen molar-refractivity contribution in [3.05, 3.63) is 29.3 Å². The van der Waals surface area contributed by atoms with Crippen LogP contribution in [0.15, 0.2) is 18.2 Å². The van der Waals surface area contributed by atoms with Gasteiger partial charge in [0.2, 0.25) is 0 Å². The number of aliphatic hydroxyl groups is 1. The molecule has 4 heteroatoms. The largest absolute Gasteiger partial charge is 0.497 e. The van der Waals surface area contributed by atoms with E-state index < -0.39 is 5.97 Å². The first kappa shape index (κ1) is 12.1. The summed E-state index contributed by atoms with van der Waals surface area (Å²) in [5, 5.41) is 17.5. The zero-order valence-electron chi connectivity index (χ0n) is 8.86. The summed E-state index contributed by atoms with van der Waals surface area (Å²) in [6, 6.07) is 4.58. The molecule has 1 aromatic rings. The molecule has 0 saturated carbocycles. The number of carboxylic acid groups (broad SMARTS) is 1. The lowest BCUT2D eigenvalue weighted by atomic mass is 10.1. The minimum Gasteiger partial charge on any atom is -0.497 e. The smallest absolute Gasteiger partial charge is 0.336 e. The number of aliphatic hydroxyl groups excluding tert-OH is 1. The van der Waals surface area contributed by atoms with Crippen molar-refractivity contribution in [2.45, 2.75) is 6.42 Å². The summed E-state index contributed by atoms with van der Waals surface area (Å²) in [7, 11) is 1.50. The first-order valence-corrected chi connectivity index (χ1v) is 4.70. The van der Waals surface area contributed by atoms with Crippen LogP contribution in [0, 0.1) is 11.8 Å². The van der Waals surface area contributed by atoms with Gasteiger partial charge in [-0.1, -0.05) is 11.8 Å². The summed E-state index contributed by atoms with van der Waals surface area (Å²) in [6.45, 7) is -0.0423. The maximum Gasteiger partial charge on any atom is 0.336 e. The standard InChI is InChI=1S/C12H12O4/c1-16-10-5-6-11(12(14)15)9(8-10)4-2-3-7-13/h5-6,8,13H,3,7H2,1H3,(H,14,15). The molecular formula is C12H12O4. The molecule has 2 N–H and O–H groups in total. The van der Waals surface area contributed by atoms with Crippen molar-refractivity contribution in [2.24, 2.45) is 0 Å². The summed E-state index contributed by atoms with van der Waals surface area (Å²) in [4.78, 5) is 10.9. The Labute approximate surface area is 93.5 Å². The molecule has 0 aliphatic rings. The van der Waals surface area contributed by atoms with Crippen LogP contribution >= 0.6 is 0 Å². The number of benzene rings is 1. The van der Waals surface area contributed by atoms with Gasteiger partial charge in [-0.05, 0) is 18.2 Å². The van der Waals surface area contributed by atoms with Gasteiger partial charge >= 0.3 is 5.97 Å². The van der Waals surface area contributed by atoms with Crippen LogP contribution in [0.5, 0.6) is 5.75 Å². The number of rotatable bonds is 3. The van der Waals surface area contributed by atoms with E-state index in [2.05, 4.69) is 11.8 Å². The van der Waals surface area contributed by atoms with Gasteiger partial charge < -0.3 is 14.9 Å². The van der Waals surface area contributed by atoms with E-state index in [4.69, 9.17) is 14.9 Å². The number of carbonyl (C=O) groups is 1. The Kier molecular flexibility index (Phi) is 4.37. The quantitative estimate of drug-likeness (QED) is 0.749. The molecule has 0 spiro atoms. The summed E-state index contributed by atoms with van der Waals surface area (Å²) < 4.78 is 4.99. The molecule has 0 aromatic heterocycles. The predicted molar refractivity (Wildman–Crippen MR) is 58.5 cm³/mol. The zero-order chi connectivity index (χ0) is 12.0. The van der Waals surface area contributed by atoms with E-state index in [0.29, 0.717) is 17.7 Å². The third-order valence-corrected chi connectivity index (χ3v) is 1.92. The van der Waals surface area contributed by atoms with Gasteiger partial charge in [-0.3, -0.25) is 0 Å². The summed E-state index contributed by atoms with van der Waals surface area (Å²) in [5.41, 5.74) is 0.520. The fourth-order valence-electron chi connectivity index (χ4n) is 1.15. The number of carboxylic acids is 1. The maximum absolute atomic E-state index is 10.9. The number of methoxy groups -OCH3 is 1. The third-order valence-electron chi connectivity index (χ3n) is 1.92. The molecule has 0 fully saturated rings. The fourth-order valence-corrected chi connectivity index (χ4v) is 1.15. The lowest BCUT2D eigenvalue weighted by Gasteiger charge is -2.03. The lowest BCUT2D eigenvalue weighted by Crippen LogP contribution is -2.00. The molecule has 0 aliphatic heterocycles. The van der Waals surface area contributed by atoms with Crippen molar-refractivity contribution in [3.8, 4) is 17.6 Å². The summed E-state index contributed by atoms with van der Waals surface area (Å²) in [5.74, 6) is 4.90. The Morgan fingerprint density at radius 3 is 2.81 bits per heavy atom. The van der Waals surface area contributed by atoms with Gasteiger partial charge in [-0.2, -0.15) is 0 Å². The van der Waals surface area contributed by atoms with E-state index in [-0.39, 0.29) is 12.2 Å². The summed E-state index contributed by atoms with van der Waals surface area (Å²) in [6.07, 6.45) is 0.316. The second-order valence-corrected chi connectivity index (χ2v) is 2.99. The Morgan fingerprint density at radius 2 is 2.25 bits per heavy atom. The van der Waals surface area contributed by atoms with Crippen LogP contribution in [0.3, 0.4) is 0 Å². The maximum atomic E-state index is 10.9. The average molecular weight is 220 g/mol. The highest BCUT2D eigenvalue weighted by atomic mass is 16.5. The number of hydrogen-bond donors (Lipinski definition) is 2. The van der Waals surface area contributed by atoms with Gasteiger partial charge in [0.15, 0.2) is 0 Å². The van der Waals surface area contributed by atoms with Crippen molar-refractivity contribution in [3.63, 3.8) is 0 Å². The van der Waals surface area contributed by atoms with Crippen LogP contribution in [0.4, 0.5) is 0 Å². The van der Waals surface area contributed by atoms with Crippen LogP contribution in [-0.4, -0.2) is 29.9 Å². The van der Waals surface area contributed by atoms with Crippen molar-refractivity contribution >= 4 is 5.97 Å². The fraction of sp³-hybridized carbons (Fsp3) is 0.250. The van der Waals surface area contributed by atoms with Gasteiger partial charge in [0.25, 0.3) is 0 Å². The van der Waals surface area contributed by atoms with Crippen LogP contribution in [-0.2, 0) is 0 Å². The topological polar surface area (TPSA) is 66.8 Å². The highest BCUT2D eigenvalue weighted by Crippen LogP contribution is 2.16. The van der Waals surface area contributed by atoms with Gasteiger partial charge in [-0.25, -0.2) is 4.79 Å². The van der Waals surface area contributed by atoms with Crippen LogP contribution in [0.2, 0.25) is 0 Å². The normalized spacial score (nSPS) is 9.12. The highest BCUT2D eigenvalue weighted by Gasteiger charge is 2.08. The second kappa shape index (κ2) is 5.79. The SMILES string of the molecule is COc1ccc(C(=O)O)c(C#CCCO)c1. The van der Waals surface area contributed by atoms with Crippen molar-refractivity contribution < 1.29 is 19.7 Å². The van der Waals surface area contributed by atoms with E-state index in [1.54, 1.807) is 12.1 Å². The first-order valence-electron chi connectivity index (χ1n) is 4.70. The van der Waals surface area contributed by atoms with E-state index in [1.807, 2.05) is 0 Å². The first-order chi connectivity index (χ1) is 7.69. The minimum absolute atomic E-state index is 0.0423. The van der Waals surface area contributed by atoms with E-state index >= 15 is 0 Å². The van der Waals surface area contributed by atoms with Crippen molar-refractivity contribution in [1.29, 1.82) is 0 Å². The molecule has 84 valence electrons. The molecule has 0 radical (unpaired) electrons. The molecule has 1 aromatic carbocycles. The molecule has 0 unspecified atom stereocenters. The molecule has 0 bridgehead atoms. The molecule has 0 amide bonds. The average Bonchev–Trinajstić information content (AvgIpc) is 2.29. The molecule has 1 rings (SSSR count). The Bertz CT molecular complexity index is 440. The van der Waals surface area contributed by atoms with Crippen LogP contribution < -0.4 is 4.74 Å². The van der Waals surface area contributed by atoms with Crippen molar-refractivity contribution in [1.82, 2.24) is 0 Å². The van der Waals surface area contributed by atoms with E-state index in [9.17, 15) is 4.79 Å². The molecule has 4 nitrogen and oxygen atoms in total. The van der Waals surface area contributed by atoms with Gasteiger partial charge in [0, 0.05) is 12.0 Å². The number of ether oxygens (including phenoxy) is 1. The van der Waals surface area contributed by atoms with Crippen LogP contribution in [0.25, 0.3) is 0 Å². The number of aromatic carboxylic acids is 1. The van der Waals surface area contributed by atoms with Gasteiger partial charge in [0.1, 0.15) is 5.75 Å². The Morgan fingerprint density at radius 1 is 1.50 bits per heavy atom. The molecule has 16 heavy (non-hydrogen) atoms. The van der Waals surface area contributed by atoms with Gasteiger partial charge in [0.05, 0.1) is 19.3 Å². The monoisotopic (exact) mass is 220 g/mol. The molecular weight excluding hydrogens is 208 g/mol. The third kappa shape index (κ3) is 3.01. The lowest BCUT2D eigenvalue weighted by molar-refractivity contribution is 0.0696. The second-order valence-electron chi connectivity index (χ2n) is 2.99. The van der Waals surface area contributed by atoms with E-state index in [1.165, 1.54) is 13.2 Å².